The molecule has 0 aliphatic carbocycles. The van der Waals surface area contributed by atoms with Crippen molar-refractivity contribution in [2.75, 3.05) is 26.7 Å². The van der Waals surface area contributed by atoms with Crippen molar-refractivity contribution in [2.45, 2.75) is 18.9 Å². The average Bonchev–Trinajstić information content (AvgIpc) is 3.35. The van der Waals surface area contributed by atoms with Gasteiger partial charge in [-0.15, -0.1) is 11.3 Å². The molecule has 1 amide bonds. The van der Waals surface area contributed by atoms with Crippen molar-refractivity contribution in [3.8, 4) is 5.75 Å². The highest BCUT2D eigenvalue weighted by molar-refractivity contribution is 7.10. The Balaban J connectivity index is 1.56. The first kappa shape index (κ1) is 17.7. The van der Waals surface area contributed by atoms with Gasteiger partial charge in [-0.25, -0.2) is 0 Å². The number of hydrogen-bond acceptors (Lipinski definition) is 4. The summed E-state index contributed by atoms with van der Waals surface area (Å²) in [6.07, 6.45) is 5.91. The van der Waals surface area contributed by atoms with E-state index in [0.29, 0.717) is 6.54 Å². The lowest BCUT2D eigenvalue weighted by Gasteiger charge is -2.26. The molecule has 1 aliphatic rings. The Morgan fingerprint density at radius 3 is 2.68 bits per heavy atom. The molecule has 1 N–H and O–H groups in total. The van der Waals surface area contributed by atoms with Gasteiger partial charge in [-0.3, -0.25) is 9.69 Å². The topological polar surface area (TPSA) is 41.6 Å². The number of nitrogens with one attached hydrogen (secondary N) is 1. The fourth-order valence-corrected chi connectivity index (χ4v) is 3.95. The van der Waals surface area contributed by atoms with Gasteiger partial charge in [0.2, 0.25) is 5.91 Å². The summed E-state index contributed by atoms with van der Waals surface area (Å²) < 4.78 is 5.14. The van der Waals surface area contributed by atoms with E-state index < -0.39 is 0 Å². The van der Waals surface area contributed by atoms with Gasteiger partial charge in [-0.05, 0) is 61.1 Å². The second-order valence-electron chi connectivity index (χ2n) is 6.13. The van der Waals surface area contributed by atoms with E-state index in [-0.39, 0.29) is 11.9 Å². The molecule has 0 bridgehead atoms. The Kier molecular flexibility index (Phi) is 6.25. The normalized spacial score (nSPS) is 16.2. The molecule has 3 rings (SSSR count). The summed E-state index contributed by atoms with van der Waals surface area (Å²) in [6.45, 7) is 2.87. The highest BCUT2D eigenvalue weighted by Gasteiger charge is 2.24. The summed E-state index contributed by atoms with van der Waals surface area (Å²) in [5, 5.41) is 5.16. The summed E-state index contributed by atoms with van der Waals surface area (Å²) in [4.78, 5) is 16.0. The van der Waals surface area contributed by atoms with E-state index in [4.69, 9.17) is 4.74 Å². The molecule has 2 aromatic rings. The molecule has 1 aromatic heterocycles. The Morgan fingerprint density at radius 1 is 1.28 bits per heavy atom. The lowest BCUT2D eigenvalue weighted by molar-refractivity contribution is -0.116. The molecule has 0 radical (unpaired) electrons. The zero-order chi connectivity index (χ0) is 17.5. The van der Waals surface area contributed by atoms with Crippen LogP contribution in [0, 0.1) is 0 Å². The lowest BCUT2D eigenvalue weighted by Crippen LogP contribution is -2.35. The molecular formula is C20H24N2O2S. The van der Waals surface area contributed by atoms with Crippen molar-refractivity contribution in [3.05, 3.63) is 58.3 Å². The van der Waals surface area contributed by atoms with Crippen LogP contribution in [0.15, 0.2) is 47.9 Å². The van der Waals surface area contributed by atoms with Crippen LogP contribution in [0.4, 0.5) is 0 Å². The zero-order valence-electron chi connectivity index (χ0n) is 14.5. The van der Waals surface area contributed by atoms with Crippen LogP contribution in [0.5, 0.6) is 5.75 Å². The highest BCUT2D eigenvalue weighted by atomic mass is 32.1. The Hall–Kier alpha value is -2.11. The van der Waals surface area contributed by atoms with Gasteiger partial charge >= 0.3 is 0 Å². The molecule has 1 atom stereocenters. The van der Waals surface area contributed by atoms with Gasteiger partial charge in [0.15, 0.2) is 0 Å². The number of benzene rings is 1. The summed E-state index contributed by atoms with van der Waals surface area (Å²) in [5.41, 5.74) is 0.977. The minimum Gasteiger partial charge on any atom is -0.497 e. The van der Waals surface area contributed by atoms with Gasteiger partial charge in [0.05, 0.1) is 13.2 Å². The van der Waals surface area contributed by atoms with E-state index >= 15 is 0 Å². The number of carbonyl (C=O) groups is 1. The third kappa shape index (κ3) is 4.94. The minimum atomic E-state index is -0.0587. The summed E-state index contributed by atoms with van der Waals surface area (Å²) in [5.74, 6) is 0.752. The molecule has 132 valence electrons. The molecule has 2 heterocycles. The van der Waals surface area contributed by atoms with Crippen LogP contribution >= 0.6 is 11.3 Å². The summed E-state index contributed by atoms with van der Waals surface area (Å²) >= 11 is 1.76. The number of likely N-dealkylation sites (tertiary alicyclic amines) is 1. The monoisotopic (exact) mass is 356 g/mol. The molecule has 0 spiro atoms. The SMILES string of the molecule is COc1ccc(C=CC(=O)NCC(c2cccs2)N2CCCC2)cc1. The van der Waals surface area contributed by atoms with Crippen LogP contribution in [0.1, 0.15) is 29.3 Å². The summed E-state index contributed by atoms with van der Waals surface area (Å²) in [7, 11) is 1.64. The maximum Gasteiger partial charge on any atom is 0.244 e. The number of hydrogen-bond donors (Lipinski definition) is 1. The predicted octanol–water partition coefficient (Wildman–Crippen LogP) is 3.72. The largest absolute Gasteiger partial charge is 0.497 e. The van der Waals surface area contributed by atoms with Crippen LogP contribution < -0.4 is 10.1 Å². The first-order valence-electron chi connectivity index (χ1n) is 8.63. The van der Waals surface area contributed by atoms with Crippen LogP contribution in [0.2, 0.25) is 0 Å². The Morgan fingerprint density at radius 2 is 2.04 bits per heavy atom. The van der Waals surface area contributed by atoms with Crippen molar-refractivity contribution in [3.63, 3.8) is 0 Å². The van der Waals surface area contributed by atoms with Gasteiger partial charge < -0.3 is 10.1 Å². The number of methoxy groups -OCH3 is 1. The molecule has 1 aliphatic heterocycles. The molecule has 25 heavy (non-hydrogen) atoms. The molecule has 1 aromatic carbocycles. The molecular weight excluding hydrogens is 332 g/mol. The smallest absolute Gasteiger partial charge is 0.244 e. The van der Waals surface area contributed by atoms with Crippen LogP contribution in [-0.4, -0.2) is 37.6 Å². The number of amides is 1. The Bertz CT molecular complexity index is 689. The number of nitrogens with zero attached hydrogens (tertiary/aromatic N) is 1. The van der Waals surface area contributed by atoms with Crippen molar-refractivity contribution >= 4 is 23.3 Å². The van der Waals surface area contributed by atoms with Gasteiger partial charge in [0, 0.05) is 17.5 Å². The van der Waals surface area contributed by atoms with Crippen LogP contribution in [0.3, 0.4) is 0 Å². The van der Waals surface area contributed by atoms with E-state index in [1.165, 1.54) is 17.7 Å². The first-order chi connectivity index (χ1) is 12.3. The van der Waals surface area contributed by atoms with E-state index in [2.05, 4.69) is 27.7 Å². The zero-order valence-corrected chi connectivity index (χ0v) is 15.3. The molecule has 1 saturated heterocycles. The third-order valence-electron chi connectivity index (χ3n) is 4.47. The maximum absolute atomic E-state index is 12.2. The minimum absolute atomic E-state index is 0.0587. The van der Waals surface area contributed by atoms with Gasteiger partial charge in [-0.2, -0.15) is 0 Å². The molecule has 4 nitrogen and oxygen atoms in total. The number of carbonyl (C=O) groups excluding carboxylic acids is 1. The van der Waals surface area contributed by atoms with Crippen LogP contribution in [0.25, 0.3) is 6.08 Å². The van der Waals surface area contributed by atoms with E-state index in [9.17, 15) is 4.79 Å². The molecule has 1 unspecified atom stereocenters. The van der Waals surface area contributed by atoms with Crippen molar-refractivity contribution < 1.29 is 9.53 Å². The molecule has 1 fully saturated rings. The van der Waals surface area contributed by atoms with Crippen molar-refractivity contribution in [1.29, 1.82) is 0 Å². The van der Waals surface area contributed by atoms with Gasteiger partial charge in [0.25, 0.3) is 0 Å². The number of thiophene rings is 1. The molecule has 5 heteroatoms. The standard InChI is InChI=1S/C20H24N2O2S/c1-24-17-9-6-16(7-10-17)8-11-20(23)21-15-18(19-5-4-14-25-19)22-12-2-3-13-22/h4-11,14,18H,2-3,12-13,15H2,1H3,(H,21,23). The van der Waals surface area contributed by atoms with Crippen molar-refractivity contribution in [1.82, 2.24) is 10.2 Å². The number of ether oxygens (including phenoxy) is 1. The van der Waals surface area contributed by atoms with Gasteiger partial charge in [-0.1, -0.05) is 18.2 Å². The molecule has 0 saturated carbocycles. The predicted molar refractivity (Wildman–Crippen MR) is 103 cm³/mol. The fraction of sp³-hybridized carbons (Fsp3) is 0.350. The summed E-state index contributed by atoms with van der Waals surface area (Å²) in [6, 6.07) is 12.2. The third-order valence-corrected chi connectivity index (χ3v) is 5.44. The van der Waals surface area contributed by atoms with E-state index in [1.807, 2.05) is 30.3 Å². The second-order valence-corrected chi connectivity index (χ2v) is 7.11. The maximum atomic E-state index is 12.2. The van der Waals surface area contributed by atoms with E-state index in [1.54, 1.807) is 24.5 Å². The van der Waals surface area contributed by atoms with Crippen LogP contribution in [-0.2, 0) is 4.79 Å². The van der Waals surface area contributed by atoms with Gasteiger partial charge in [0.1, 0.15) is 5.75 Å². The Labute approximate surface area is 153 Å². The first-order valence-corrected chi connectivity index (χ1v) is 9.51. The second kappa shape index (κ2) is 8.83. The fourth-order valence-electron chi connectivity index (χ4n) is 3.09. The highest BCUT2D eigenvalue weighted by Crippen LogP contribution is 2.27. The lowest BCUT2D eigenvalue weighted by atomic mass is 10.2. The quantitative estimate of drug-likeness (QED) is 0.769. The average molecular weight is 356 g/mol. The van der Waals surface area contributed by atoms with E-state index in [0.717, 1.165) is 24.4 Å². The number of rotatable bonds is 7. The van der Waals surface area contributed by atoms with Crippen molar-refractivity contribution in [2.24, 2.45) is 0 Å².